The average Bonchev–Trinajstić information content (AvgIpc) is 2.67. The molecule has 0 aliphatic carbocycles. The molecule has 0 saturated carbocycles. The molecule has 3 aromatic carbocycles. The second-order valence-electron chi connectivity index (χ2n) is 5.62. The number of para-hydroxylation sites is 1. The van der Waals surface area contributed by atoms with Gasteiger partial charge in [0.2, 0.25) is 0 Å². The summed E-state index contributed by atoms with van der Waals surface area (Å²) in [6.45, 7) is 0. The van der Waals surface area contributed by atoms with E-state index in [1.54, 1.807) is 54.6 Å². The molecule has 0 aliphatic rings. The van der Waals surface area contributed by atoms with Crippen LogP contribution >= 0.6 is 11.6 Å². The Labute approximate surface area is 158 Å². The van der Waals surface area contributed by atoms with Gasteiger partial charge in [0.1, 0.15) is 0 Å². The van der Waals surface area contributed by atoms with E-state index < -0.39 is 9.84 Å². The van der Waals surface area contributed by atoms with E-state index in [-0.39, 0.29) is 10.6 Å². The second-order valence-corrected chi connectivity index (χ2v) is 8.04. The fraction of sp³-hybridized carbons (Fsp3) is 0.0500. The summed E-state index contributed by atoms with van der Waals surface area (Å²) < 4.78 is 25.5. The van der Waals surface area contributed by atoms with Gasteiger partial charge in [0.25, 0.3) is 0 Å². The maximum Gasteiger partial charge on any atom is 0.184 e. The van der Waals surface area contributed by atoms with E-state index in [9.17, 15) is 8.42 Å². The number of hydrogen-bond donors (Lipinski definition) is 1. The Balaban J connectivity index is 1.94. The lowest BCUT2D eigenvalue weighted by molar-refractivity contribution is 0.600. The summed E-state index contributed by atoms with van der Waals surface area (Å²) in [5.41, 5.74) is 4.80. The SMILES string of the molecule is O=S(=O)(CC(=NNc1ccccc1)c1ccc(Cl)cc1)c1ccccc1. The Morgan fingerprint density at radius 1 is 0.846 bits per heavy atom. The maximum absolute atomic E-state index is 12.8. The number of hydrazone groups is 1. The van der Waals surface area contributed by atoms with Crippen molar-refractivity contribution in [3.63, 3.8) is 0 Å². The van der Waals surface area contributed by atoms with Crippen LogP contribution < -0.4 is 5.43 Å². The van der Waals surface area contributed by atoms with E-state index in [1.807, 2.05) is 30.3 Å². The van der Waals surface area contributed by atoms with Crippen LogP contribution in [0.15, 0.2) is 94.9 Å². The highest BCUT2D eigenvalue weighted by Gasteiger charge is 2.19. The molecule has 3 aromatic rings. The van der Waals surface area contributed by atoms with Crippen molar-refractivity contribution < 1.29 is 8.42 Å². The molecule has 4 nitrogen and oxygen atoms in total. The molecule has 132 valence electrons. The zero-order chi connectivity index (χ0) is 18.4. The minimum absolute atomic E-state index is 0.224. The zero-order valence-electron chi connectivity index (χ0n) is 13.8. The largest absolute Gasteiger partial charge is 0.278 e. The third kappa shape index (κ3) is 4.71. The van der Waals surface area contributed by atoms with Crippen molar-refractivity contribution in [3.8, 4) is 0 Å². The van der Waals surface area contributed by atoms with Crippen molar-refractivity contribution in [2.75, 3.05) is 11.2 Å². The maximum atomic E-state index is 12.8. The molecule has 0 atom stereocenters. The first-order valence-electron chi connectivity index (χ1n) is 7.96. The van der Waals surface area contributed by atoms with Gasteiger partial charge in [-0.25, -0.2) is 8.42 Å². The predicted octanol–water partition coefficient (Wildman–Crippen LogP) is 4.63. The highest BCUT2D eigenvalue weighted by molar-refractivity contribution is 7.92. The van der Waals surface area contributed by atoms with Gasteiger partial charge in [-0.15, -0.1) is 0 Å². The molecule has 0 bridgehead atoms. The molecule has 1 N–H and O–H groups in total. The van der Waals surface area contributed by atoms with Gasteiger partial charge >= 0.3 is 0 Å². The van der Waals surface area contributed by atoms with Crippen molar-refractivity contribution in [1.29, 1.82) is 0 Å². The molecule has 0 saturated heterocycles. The summed E-state index contributed by atoms with van der Waals surface area (Å²) in [6, 6.07) is 24.7. The Morgan fingerprint density at radius 2 is 1.42 bits per heavy atom. The number of benzene rings is 3. The number of hydrogen-bond acceptors (Lipinski definition) is 4. The Hall–Kier alpha value is -2.63. The van der Waals surface area contributed by atoms with Crippen molar-refractivity contribution in [3.05, 3.63) is 95.5 Å². The van der Waals surface area contributed by atoms with E-state index in [4.69, 9.17) is 11.6 Å². The van der Waals surface area contributed by atoms with Crippen LogP contribution in [0.1, 0.15) is 5.56 Å². The average molecular weight is 385 g/mol. The summed E-state index contributed by atoms with van der Waals surface area (Å²) in [4.78, 5) is 0.265. The van der Waals surface area contributed by atoms with Crippen LogP contribution in [0, 0.1) is 0 Å². The molecule has 0 radical (unpaired) electrons. The van der Waals surface area contributed by atoms with Gasteiger partial charge in [-0.2, -0.15) is 5.10 Å². The molecule has 0 fully saturated rings. The highest BCUT2D eigenvalue weighted by Crippen LogP contribution is 2.16. The topological polar surface area (TPSA) is 58.5 Å². The van der Waals surface area contributed by atoms with E-state index in [1.165, 1.54) is 0 Å². The lowest BCUT2D eigenvalue weighted by Gasteiger charge is -2.10. The lowest BCUT2D eigenvalue weighted by atomic mass is 10.1. The minimum Gasteiger partial charge on any atom is -0.278 e. The molecule has 0 aliphatic heterocycles. The number of anilines is 1. The van der Waals surface area contributed by atoms with Gasteiger partial charge < -0.3 is 0 Å². The highest BCUT2D eigenvalue weighted by atomic mass is 35.5. The van der Waals surface area contributed by atoms with Crippen LogP contribution in [0.3, 0.4) is 0 Å². The van der Waals surface area contributed by atoms with Crippen LogP contribution in [-0.2, 0) is 9.84 Å². The molecule has 0 aromatic heterocycles. The summed E-state index contributed by atoms with van der Waals surface area (Å²) in [6.07, 6.45) is 0. The monoisotopic (exact) mass is 384 g/mol. The van der Waals surface area contributed by atoms with Gasteiger partial charge in [0.05, 0.1) is 22.0 Å². The zero-order valence-corrected chi connectivity index (χ0v) is 15.4. The van der Waals surface area contributed by atoms with Crippen molar-refractivity contribution in [2.45, 2.75) is 4.90 Å². The molecule has 0 unspecified atom stereocenters. The Bertz CT molecular complexity index is 987. The first-order chi connectivity index (χ1) is 12.5. The van der Waals surface area contributed by atoms with E-state index >= 15 is 0 Å². The normalized spacial score (nSPS) is 12.0. The van der Waals surface area contributed by atoms with Gasteiger partial charge in [-0.3, -0.25) is 5.43 Å². The predicted molar refractivity (Wildman–Crippen MR) is 107 cm³/mol. The van der Waals surface area contributed by atoms with Crippen LogP contribution in [-0.4, -0.2) is 19.9 Å². The number of nitrogens with one attached hydrogen (secondary N) is 1. The van der Waals surface area contributed by atoms with E-state index in [0.717, 1.165) is 5.69 Å². The number of nitrogens with zero attached hydrogens (tertiary/aromatic N) is 1. The smallest absolute Gasteiger partial charge is 0.184 e. The van der Waals surface area contributed by atoms with Crippen LogP contribution in [0.4, 0.5) is 5.69 Å². The molecule has 0 heterocycles. The first-order valence-corrected chi connectivity index (χ1v) is 9.99. The molecule has 0 amide bonds. The third-order valence-electron chi connectivity index (χ3n) is 3.70. The first kappa shape index (κ1) is 18.2. The van der Waals surface area contributed by atoms with Crippen LogP contribution in [0.5, 0.6) is 0 Å². The van der Waals surface area contributed by atoms with Crippen molar-refractivity contribution in [2.24, 2.45) is 5.10 Å². The van der Waals surface area contributed by atoms with Crippen LogP contribution in [0.25, 0.3) is 0 Å². The van der Waals surface area contributed by atoms with Gasteiger partial charge in [0, 0.05) is 5.02 Å². The Kier molecular flexibility index (Phi) is 5.71. The summed E-state index contributed by atoms with van der Waals surface area (Å²) in [5, 5.41) is 4.93. The summed E-state index contributed by atoms with van der Waals surface area (Å²) in [5.74, 6) is -0.224. The molecule has 6 heteroatoms. The number of halogens is 1. The minimum atomic E-state index is -3.53. The van der Waals surface area contributed by atoms with Crippen molar-refractivity contribution >= 4 is 32.8 Å². The lowest BCUT2D eigenvalue weighted by Crippen LogP contribution is -2.18. The molecular formula is C20H17ClN2O2S. The standard InChI is InChI=1S/C20H17ClN2O2S/c21-17-13-11-16(12-14-17)20(23-22-18-7-3-1-4-8-18)15-26(24,25)19-9-5-2-6-10-19/h1-14,22H,15H2. The fourth-order valence-electron chi connectivity index (χ4n) is 2.36. The van der Waals surface area contributed by atoms with Crippen molar-refractivity contribution in [1.82, 2.24) is 0 Å². The van der Waals surface area contributed by atoms with Gasteiger partial charge in [0.15, 0.2) is 9.84 Å². The van der Waals surface area contributed by atoms with Gasteiger partial charge in [-0.05, 0) is 42.0 Å². The number of sulfone groups is 1. The quantitative estimate of drug-likeness (QED) is 0.498. The summed E-state index contributed by atoms with van der Waals surface area (Å²) in [7, 11) is -3.53. The van der Waals surface area contributed by atoms with Gasteiger partial charge in [-0.1, -0.05) is 60.1 Å². The Morgan fingerprint density at radius 3 is 2.04 bits per heavy atom. The molecular weight excluding hydrogens is 368 g/mol. The molecule has 0 spiro atoms. The van der Waals surface area contributed by atoms with Crippen LogP contribution in [0.2, 0.25) is 5.02 Å². The summed E-state index contributed by atoms with van der Waals surface area (Å²) >= 11 is 5.94. The number of rotatable bonds is 6. The molecule has 3 rings (SSSR count). The van der Waals surface area contributed by atoms with E-state index in [2.05, 4.69) is 10.5 Å². The third-order valence-corrected chi connectivity index (χ3v) is 5.60. The van der Waals surface area contributed by atoms with E-state index in [0.29, 0.717) is 16.3 Å². The second kappa shape index (κ2) is 8.17. The molecule has 26 heavy (non-hydrogen) atoms. The fourth-order valence-corrected chi connectivity index (χ4v) is 3.81.